The van der Waals surface area contributed by atoms with Crippen LogP contribution in [0.2, 0.25) is 5.02 Å². The number of benzene rings is 1. The SMILES string of the molecule is C[n+]1ccc(/C=C/c2cccc(Cl)c2)cc1. The fraction of sp³-hybridized carbons (Fsp3) is 0.0714. The van der Waals surface area contributed by atoms with Crippen molar-refractivity contribution in [1.82, 2.24) is 0 Å². The van der Waals surface area contributed by atoms with Gasteiger partial charge in [-0.25, -0.2) is 4.57 Å². The summed E-state index contributed by atoms with van der Waals surface area (Å²) in [6.45, 7) is 0. The van der Waals surface area contributed by atoms with E-state index in [9.17, 15) is 0 Å². The molecule has 1 nitrogen and oxygen atoms in total. The van der Waals surface area contributed by atoms with E-state index in [1.165, 1.54) is 5.56 Å². The number of halogens is 1. The van der Waals surface area contributed by atoms with Crippen LogP contribution in [0.1, 0.15) is 11.1 Å². The van der Waals surface area contributed by atoms with E-state index in [0.29, 0.717) is 0 Å². The average molecular weight is 231 g/mol. The minimum Gasteiger partial charge on any atom is -0.208 e. The van der Waals surface area contributed by atoms with Gasteiger partial charge < -0.3 is 0 Å². The van der Waals surface area contributed by atoms with E-state index >= 15 is 0 Å². The monoisotopic (exact) mass is 230 g/mol. The topological polar surface area (TPSA) is 3.88 Å². The van der Waals surface area contributed by atoms with Crippen molar-refractivity contribution in [3.8, 4) is 0 Å². The van der Waals surface area contributed by atoms with E-state index in [-0.39, 0.29) is 0 Å². The maximum Gasteiger partial charge on any atom is 0.169 e. The van der Waals surface area contributed by atoms with Crippen LogP contribution >= 0.6 is 11.6 Å². The fourth-order valence-corrected chi connectivity index (χ4v) is 1.63. The summed E-state index contributed by atoms with van der Waals surface area (Å²) in [6.07, 6.45) is 8.18. The summed E-state index contributed by atoms with van der Waals surface area (Å²) in [4.78, 5) is 0. The van der Waals surface area contributed by atoms with Crippen LogP contribution in [-0.2, 0) is 7.05 Å². The summed E-state index contributed by atoms with van der Waals surface area (Å²) in [6, 6.07) is 11.9. The molecule has 0 fully saturated rings. The molecule has 2 aromatic rings. The van der Waals surface area contributed by atoms with Crippen LogP contribution in [0.5, 0.6) is 0 Å². The Labute approximate surface area is 101 Å². The van der Waals surface area contributed by atoms with E-state index in [4.69, 9.17) is 11.6 Å². The van der Waals surface area contributed by atoms with Gasteiger partial charge in [0.25, 0.3) is 0 Å². The molecule has 0 amide bonds. The molecular weight excluding hydrogens is 218 g/mol. The quantitative estimate of drug-likeness (QED) is 0.697. The van der Waals surface area contributed by atoms with Crippen molar-refractivity contribution in [3.05, 3.63) is 64.9 Å². The maximum atomic E-state index is 5.91. The molecule has 0 aliphatic rings. The summed E-state index contributed by atoms with van der Waals surface area (Å²) < 4.78 is 2.01. The number of hydrogen-bond acceptors (Lipinski definition) is 0. The molecular formula is C14H13ClN+. The van der Waals surface area contributed by atoms with Crippen LogP contribution in [-0.4, -0.2) is 0 Å². The number of aryl methyl sites for hydroxylation is 1. The number of nitrogens with zero attached hydrogens (tertiary/aromatic N) is 1. The first-order chi connectivity index (χ1) is 7.74. The Morgan fingerprint density at radius 3 is 2.38 bits per heavy atom. The zero-order valence-corrected chi connectivity index (χ0v) is 9.85. The fourth-order valence-electron chi connectivity index (χ4n) is 1.43. The predicted octanol–water partition coefficient (Wildman–Crippen LogP) is 3.33. The Hall–Kier alpha value is -1.60. The molecule has 0 aliphatic heterocycles. The van der Waals surface area contributed by atoms with E-state index < -0.39 is 0 Å². The Kier molecular flexibility index (Phi) is 3.37. The molecule has 0 radical (unpaired) electrons. The van der Waals surface area contributed by atoms with E-state index in [1.54, 1.807) is 0 Å². The van der Waals surface area contributed by atoms with Gasteiger partial charge in [0, 0.05) is 17.2 Å². The highest BCUT2D eigenvalue weighted by atomic mass is 35.5. The van der Waals surface area contributed by atoms with Crippen molar-refractivity contribution < 1.29 is 4.57 Å². The normalized spacial score (nSPS) is 10.9. The molecule has 0 saturated heterocycles. The second-order valence-electron chi connectivity index (χ2n) is 3.69. The van der Waals surface area contributed by atoms with Gasteiger partial charge in [0.05, 0.1) is 0 Å². The standard InChI is InChI=1S/C14H13ClN/c1-16-9-7-12(8-10-16)5-6-13-3-2-4-14(15)11-13/h2-11H,1H3/q+1/b6-5+. The summed E-state index contributed by atoms with van der Waals surface area (Å²) in [5, 5.41) is 0.765. The van der Waals surface area contributed by atoms with Gasteiger partial charge >= 0.3 is 0 Å². The molecule has 2 heteroatoms. The third kappa shape index (κ3) is 2.94. The molecule has 0 atom stereocenters. The van der Waals surface area contributed by atoms with Crippen molar-refractivity contribution in [3.63, 3.8) is 0 Å². The molecule has 0 aliphatic carbocycles. The number of hydrogen-bond donors (Lipinski definition) is 0. The molecule has 0 saturated carbocycles. The van der Waals surface area contributed by atoms with Crippen LogP contribution in [0, 0.1) is 0 Å². The number of pyridine rings is 1. The Bertz CT molecular complexity index is 500. The van der Waals surface area contributed by atoms with Crippen molar-refractivity contribution in [2.75, 3.05) is 0 Å². The van der Waals surface area contributed by atoms with Crippen molar-refractivity contribution in [2.24, 2.45) is 7.05 Å². The Balaban J connectivity index is 2.18. The summed E-state index contributed by atoms with van der Waals surface area (Å²) in [7, 11) is 2.00. The molecule has 1 heterocycles. The van der Waals surface area contributed by atoms with Gasteiger partial charge in [-0.15, -0.1) is 0 Å². The molecule has 1 aromatic heterocycles. The van der Waals surface area contributed by atoms with Crippen LogP contribution in [0.4, 0.5) is 0 Å². The first-order valence-electron chi connectivity index (χ1n) is 5.13. The predicted molar refractivity (Wildman–Crippen MR) is 68.0 cm³/mol. The van der Waals surface area contributed by atoms with Crippen LogP contribution in [0.25, 0.3) is 12.2 Å². The van der Waals surface area contributed by atoms with E-state index in [1.807, 2.05) is 48.3 Å². The van der Waals surface area contributed by atoms with Crippen LogP contribution in [0.15, 0.2) is 48.8 Å². The number of rotatable bonds is 2. The van der Waals surface area contributed by atoms with Crippen LogP contribution in [0.3, 0.4) is 0 Å². The first kappa shape index (κ1) is 10.9. The van der Waals surface area contributed by atoms with Crippen molar-refractivity contribution in [2.45, 2.75) is 0 Å². The van der Waals surface area contributed by atoms with Gasteiger partial charge in [0.2, 0.25) is 0 Å². The summed E-state index contributed by atoms with van der Waals surface area (Å²) >= 11 is 5.91. The minimum absolute atomic E-state index is 0.765. The molecule has 80 valence electrons. The zero-order chi connectivity index (χ0) is 11.4. The van der Waals surface area contributed by atoms with Gasteiger partial charge in [-0.3, -0.25) is 0 Å². The molecule has 0 N–H and O–H groups in total. The largest absolute Gasteiger partial charge is 0.208 e. The average Bonchev–Trinajstić information content (AvgIpc) is 2.28. The molecule has 0 bridgehead atoms. The van der Waals surface area contributed by atoms with Crippen molar-refractivity contribution >= 4 is 23.8 Å². The maximum absolute atomic E-state index is 5.91. The first-order valence-corrected chi connectivity index (χ1v) is 5.51. The summed E-state index contributed by atoms with van der Waals surface area (Å²) in [5.74, 6) is 0. The number of aromatic nitrogens is 1. The third-order valence-electron chi connectivity index (χ3n) is 2.32. The summed E-state index contributed by atoms with van der Waals surface area (Å²) in [5.41, 5.74) is 2.29. The van der Waals surface area contributed by atoms with E-state index in [2.05, 4.69) is 24.3 Å². The third-order valence-corrected chi connectivity index (χ3v) is 2.56. The van der Waals surface area contributed by atoms with Gasteiger partial charge in [-0.1, -0.05) is 35.9 Å². The Morgan fingerprint density at radius 1 is 1.00 bits per heavy atom. The molecule has 0 spiro atoms. The minimum atomic E-state index is 0.765. The lowest BCUT2D eigenvalue weighted by Gasteiger charge is -1.94. The highest BCUT2D eigenvalue weighted by Gasteiger charge is 1.92. The Morgan fingerprint density at radius 2 is 1.69 bits per heavy atom. The molecule has 16 heavy (non-hydrogen) atoms. The van der Waals surface area contributed by atoms with Gasteiger partial charge in [-0.05, 0) is 23.3 Å². The molecule has 0 unspecified atom stereocenters. The zero-order valence-electron chi connectivity index (χ0n) is 9.10. The van der Waals surface area contributed by atoms with Crippen molar-refractivity contribution in [1.29, 1.82) is 0 Å². The highest BCUT2D eigenvalue weighted by molar-refractivity contribution is 6.30. The van der Waals surface area contributed by atoms with Crippen LogP contribution < -0.4 is 4.57 Å². The van der Waals surface area contributed by atoms with Gasteiger partial charge in [0.15, 0.2) is 12.4 Å². The highest BCUT2D eigenvalue weighted by Crippen LogP contribution is 2.13. The molecule has 2 rings (SSSR count). The second-order valence-corrected chi connectivity index (χ2v) is 4.12. The second kappa shape index (κ2) is 4.95. The smallest absolute Gasteiger partial charge is 0.169 e. The molecule has 1 aromatic carbocycles. The lowest BCUT2D eigenvalue weighted by Crippen LogP contribution is -2.25. The lowest BCUT2D eigenvalue weighted by molar-refractivity contribution is -0.671. The van der Waals surface area contributed by atoms with Gasteiger partial charge in [0.1, 0.15) is 7.05 Å². The van der Waals surface area contributed by atoms with Gasteiger partial charge in [-0.2, -0.15) is 0 Å². The van der Waals surface area contributed by atoms with E-state index in [0.717, 1.165) is 10.6 Å². The lowest BCUT2D eigenvalue weighted by atomic mass is 10.1.